The van der Waals surface area contributed by atoms with E-state index in [1.807, 2.05) is 13.0 Å². The fraction of sp³-hybridized carbons (Fsp3) is 0.684. The second-order valence-corrected chi connectivity index (χ2v) is 6.65. The summed E-state index contributed by atoms with van der Waals surface area (Å²) in [4.78, 5) is 17.0. The van der Waals surface area contributed by atoms with Crippen LogP contribution in [0.3, 0.4) is 0 Å². The molecule has 0 radical (unpaired) electrons. The maximum atomic E-state index is 12.8. The van der Waals surface area contributed by atoms with E-state index in [0.29, 0.717) is 30.7 Å². The van der Waals surface area contributed by atoms with Crippen molar-refractivity contribution in [2.45, 2.75) is 64.9 Å². The highest BCUT2D eigenvalue weighted by Gasteiger charge is 2.41. The van der Waals surface area contributed by atoms with Crippen LogP contribution >= 0.6 is 0 Å². The Balaban J connectivity index is 1.96. The molecule has 1 N–H and O–H groups in total. The van der Waals surface area contributed by atoms with Gasteiger partial charge < -0.3 is 14.8 Å². The van der Waals surface area contributed by atoms with Crippen molar-refractivity contribution in [2.24, 2.45) is 5.92 Å². The Labute approximate surface area is 145 Å². The number of amides is 1. The Morgan fingerprint density at radius 2 is 2.08 bits per heavy atom. The number of aromatic nitrogens is 1. The number of rotatable bonds is 8. The monoisotopic (exact) mass is 334 g/mol. The quantitative estimate of drug-likeness (QED) is 0.724. The van der Waals surface area contributed by atoms with Gasteiger partial charge in [0.2, 0.25) is 5.88 Å². The highest BCUT2D eigenvalue weighted by molar-refractivity contribution is 5.97. The first-order valence-electron chi connectivity index (χ1n) is 9.14. The average Bonchev–Trinajstić information content (AvgIpc) is 2.59. The van der Waals surface area contributed by atoms with E-state index in [1.165, 1.54) is 0 Å². The minimum absolute atomic E-state index is 0.0577. The molecule has 1 heterocycles. The van der Waals surface area contributed by atoms with Gasteiger partial charge in [-0.3, -0.25) is 4.79 Å². The summed E-state index contributed by atoms with van der Waals surface area (Å²) in [6.07, 6.45) is 7.34. The molecule has 1 aromatic rings. The lowest BCUT2D eigenvalue weighted by atomic mass is 9.78. The molecule has 0 unspecified atom stereocenters. The first kappa shape index (κ1) is 18.7. The van der Waals surface area contributed by atoms with Crippen molar-refractivity contribution in [3.63, 3.8) is 0 Å². The zero-order valence-electron chi connectivity index (χ0n) is 15.1. The second kappa shape index (κ2) is 9.02. The van der Waals surface area contributed by atoms with Crippen LogP contribution in [-0.2, 0) is 9.53 Å². The van der Waals surface area contributed by atoms with Gasteiger partial charge in [0.25, 0.3) is 5.91 Å². The van der Waals surface area contributed by atoms with Crippen LogP contribution in [0.5, 0.6) is 5.88 Å². The van der Waals surface area contributed by atoms with Crippen molar-refractivity contribution >= 4 is 11.6 Å². The van der Waals surface area contributed by atoms with Gasteiger partial charge in [-0.1, -0.05) is 20.3 Å². The molecule has 0 spiro atoms. The van der Waals surface area contributed by atoms with Gasteiger partial charge in [0.1, 0.15) is 5.60 Å². The fourth-order valence-corrected chi connectivity index (χ4v) is 3.05. The van der Waals surface area contributed by atoms with Crippen molar-refractivity contribution < 1.29 is 14.3 Å². The number of carbonyl (C=O) groups is 1. The lowest BCUT2D eigenvalue weighted by Crippen LogP contribution is -2.48. The van der Waals surface area contributed by atoms with E-state index >= 15 is 0 Å². The van der Waals surface area contributed by atoms with E-state index in [9.17, 15) is 4.79 Å². The zero-order valence-corrected chi connectivity index (χ0v) is 15.1. The molecule has 1 fully saturated rings. The normalized spacial score (nSPS) is 23.7. The molecule has 1 amide bonds. The third-order valence-electron chi connectivity index (χ3n) is 4.66. The molecule has 24 heavy (non-hydrogen) atoms. The summed E-state index contributed by atoms with van der Waals surface area (Å²) in [6, 6.07) is 3.62. The van der Waals surface area contributed by atoms with Crippen LogP contribution in [0.2, 0.25) is 0 Å². The summed E-state index contributed by atoms with van der Waals surface area (Å²) in [5.74, 6) is 1.19. The summed E-state index contributed by atoms with van der Waals surface area (Å²) in [7, 11) is 0. The van der Waals surface area contributed by atoms with Gasteiger partial charge in [-0.15, -0.1) is 0 Å². The molecule has 0 atom stereocenters. The van der Waals surface area contributed by atoms with Crippen LogP contribution in [0.1, 0.15) is 59.3 Å². The van der Waals surface area contributed by atoms with Crippen LogP contribution < -0.4 is 10.1 Å². The van der Waals surface area contributed by atoms with E-state index in [0.717, 1.165) is 38.5 Å². The van der Waals surface area contributed by atoms with Crippen molar-refractivity contribution in [3.05, 3.63) is 18.3 Å². The first-order valence-corrected chi connectivity index (χ1v) is 9.14. The highest BCUT2D eigenvalue weighted by Crippen LogP contribution is 2.35. The third kappa shape index (κ3) is 4.94. The minimum atomic E-state index is -0.697. The number of hydrogen-bond acceptors (Lipinski definition) is 4. The largest absolute Gasteiger partial charge is 0.478 e. The summed E-state index contributed by atoms with van der Waals surface area (Å²) >= 11 is 0. The van der Waals surface area contributed by atoms with Gasteiger partial charge in [0, 0.05) is 12.7 Å². The molecule has 1 saturated carbocycles. The number of unbranched alkanes of at least 4 members (excludes halogenated alkanes) is 1. The Morgan fingerprint density at radius 1 is 1.33 bits per heavy atom. The van der Waals surface area contributed by atoms with Crippen molar-refractivity contribution in [1.82, 2.24) is 4.98 Å². The predicted molar refractivity (Wildman–Crippen MR) is 95.3 cm³/mol. The molecule has 2 rings (SSSR count). The smallest absolute Gasteiger partial charge is 0.256 e. The molecule has 5 heteroatoms. The number of nitrogens with one attached hydrogen (secondary N) is 1. The molecule has 5 nitrogen and oxygen atoms in total. The van der Waals surface area contributed by atoms with Gasteiger partial charge in [0.15, 0.2) is 0 Å². The summed E-state index contributed by atoms with van der Waals surface area (Å²) in [6.45, 7) is 7.51. The van der Waals surface area contributed by atoms with Crippen LogP contribution in [0.4, 0.5) is 5.69 Å². The number of anilines is 1. The topological polar surface area (TPSA) is 60.5 Å². The van der Waals surface area contributed by atoms with E-state index < -0.39 is 5.60 Å². The molecule has 1 aromatic heterocycles. The van der Waals surface area contributed by atoms with Gasteiger partial charge in [-0.05, 0) is 51.0 Å². The van der Waals surface area contributed by atoms with Crippen LogP contribution in [0.15, 0.2) is 18.3 Å². The van der Waals surface area contributed by atoms with Gasteiger partial charge in [-0.25, -0.2) is 4.98 Å². The number of carbonyl (C=O) groups excluding carboxylic acids is 1. The molecule has 0 saturated heterocycles. The Hall–Kier alpha value is -1.62. The maximum absolute atomic E-state index is 12.8. The fourth-order valence-electron chi connectivity index (χ4n) is 3.05. The van der Waals surface area contributed by atoms with Gasteiger partial charge >= 0.3 is 0 Å². The number of nitrogens with zero attached hydrogens (tertiary/aromatic N) is 1. The lowest BCUT2D eigenvalue weighted by molar-refractivity contribution is -0.146. The van der Waals surface area contributed by atoms with E-state index in [4.69, 9.17) is 9.47 Å². The van der Waals surface area contributed by atoms with Crippen molar-refractivity contribution in [2.75, 3.05) is 18.5 Å². The second-order valence-electron chi connectivity index (χ2n) is 6.65. The highest BCUT2D eigenvalue weighted by atomic mass is 16.5. The SMILES string of the molecule is CCCCOc1ccc(NC(=O)C2(OCC)CCC(C)CC2)cn1. The molecule has 0 aliphatic heterocycles. The Bertz CT molecular complexity index is 508. The van der Waals surface area contributed by atoms with E-state index in [1.54, 1.807) is 12.3 Å². The van der Waals surface area contributed by atoms with Gasteiger partial charge in [-0.2, -0.15) is 0 Å². The summed E-state index contributed by atoms with van der Waals surface area (Å²) in [5, 5.41) is 2.96. The van der Waals surface area contributed by atoms with Gasteiger partial charge in [0.05, 0.1) is 18.5 Å². The van der Waals surface area contributed by atoms with Crippen LogP contribution in [0, 0.1) is 5.92 Å². The standard InChI is InChI=1S/C19H30N2O3/c1-4-6-13-23-17-8-7-16(14-20-17)21-18(22)19(24-5-2)11-9-15(3)10-12-19/h7-8,14-15H,4-6,9-13H2,1-3H3,(H,21,22). The van der Waals surface area contributed by atoms with Crippen molar-refractivity contribution in [1.29, 1.82) is 0 Å². The lowest BCUT2D eigenvalue weighted by Gasteiger charge is -2.37. The zero-order chi connectivity index (χ0) is 17.4. The summed E-state index contributed by atoms with van der Waals surface area (Å²) in [5.41, 5.74) is -0.0158. The molecule has 134 valence electrons. The Morgan fingerprint density at radius 3 is 2.67 bits per heavy atom. The number of hydrogen-bond donors (Lipinski definition) is 1. The minimum Gasteiger partial charge on any atom is -0.478 e. The number of pyridine rings is 1. The molecule has 0 aromatic carbocycles. The van der Waals surface area contributed by atoms with Crippen LogP contribution in [0.25, 0.3) is 0 Å². The molecular weight excluding hydrogens is 304 g/mol. The van der Waals surface area contributed by atoms with E-state index in [2.05, 4.69) is 24.1 Å². The predicted octanol–water partition coefficient (Wildman–Crippen LogP) is 4.18. The van der Waals surface area contributed by atoms with E-state index in [-0.39, 0.29) is 5.91 Å². The molecule has 1 aliphatic carbocycles. The summed E-state index contributed by atoms with van der Waals surface area (Å²) < 4.78 is 11.4. The first-order chi connectivity index (χ1) is 11.6. The van der Waals surface area contributed by atoms with Crippen LogP contribution in [-0.4, -0.2) is 29.7 Å². The molecular formula is C19H30N2O3. The third-order valence-corrected chi connectivity index (χ3v) is 4.66. The Kier molecular flexibility index (Phi) is 7.03. The molecule has 0 bridgehead atoms. The molecule has 1 aliphatic rings. The average molecular weight is 334 g/mol. The maximum Gasteiger partial charge on any atom is 0.256 e. The van der Waals surface area contributed by atoms with Crippen molar-refractivity contribution in [3.8, 4) is 5.88 Å². The number of ether oxygens (including phenoxy) is 2.